The minimum absolute atomic E-state index is 0.466. The van der Waals surface area contributed by atoms with Crippen LogP contribution in [0.15, 0.2) is 23.2 Å². The van der Waals surface area contributed by atoms with Crippen molar-refractivity contribution in [3.63, 3.8) is 0 Å². The van der Waals surface area contributed by atoms with Crippen LogP contribution in [-0.4, -0.2) is 16.6 Å². The number of halogens is 1. The van der Waals surface area contributed by atoms with Crippen LogP contribution in [0.2, 0.25) is 0 Å². The van der Waals surface area contributed by atoms with E-state index in [1.54, 1.807) is 24.0 Å². The van der Waals surface area contributed by atoms with Crippen molar-refractivity contribution in [1.29, 1.82) is 5.26 Å². The summed E-state index contributed by atoms with van der Waals surface area (Å²) in [5.41, 5.74) is 0.466. The van der Waals surface area contributed by atoms with Crippen LogP contribution in [0.1, 0.15) is 12.6 Å². The van der Waals surface area contributed by atoms with Crippen molar-refractivity contribution in [2.45, 2.75) is 11.8 Å². The summed E-state index contributed by atoms with van der Waals surface area (Å²) in [5.74, 6) is 2.13. The molecule has 2 nitrogen and oxygen atoms in total. The summed E-state index contributed by atoms with van der Waals surface area (Å²) in [4.78, 5) is 4.98. The van der Waals surface area contributed by atoms with Gasteiger partial charge >= 0.3 is 0 Å². The molecule has 74 valence electrons. The molecule has 1 atom stereocenters. The second-order valence-electron chi connectivity index (χ2n) is 3.06. The zero-order valence-corrected chi connectivity index (χ0v) is 9.48. The van der Waals surface area contributed by atoms with Crippen LogP contribution < -0.4 is 0 Å². The average molecular weight is 227 g/mol. The van der Waals surface area contributed by atoms with Gasteiger partial charge in [0.05, 0.1) is 0 Å². The third-order valence-corrected chi connectivity index (χ3v) is 3.49. The first kappa shape index (κ1) is 11.4. The first-order valence-corrected chi connectivity index (χ1v) is 5.83. The molecule has 0 saturated carbocycles. The Hall–Kier alpha value is -0.720. The topological polar surface area (TPSA) is 36.7 Å². The van der Waals surface area contributed by atoms with Gasteiger partial charge in [-0.25, -0.2) is 4.98 Å². The summed E-state index contributed by atoms with van der Waals surface area (Å²) in [6, 6.07) is 5.72. The molecule has 0 aliphatic carbocycles. The number of thioether (sulfide) groups is 1. The third kappa shape index (κ3) is 3.57. The summed E-state index contributed by atoms with van der Waals surface area (Å²) in [7, 11) is 0. The van der Waals surface area contributed by atoms with Gasteiger partial charge in [0.2, 0.25) is 0 Å². The van der Waals surface area contributed by atoms with E-state index in [-0.39, 0.29) is 0 Å². The van der Waals surface area contributed by atoms with Crippen LogP contribution in [0.4, 0.5) is 0 Å². The minimum Gasteiger partial charge on any atom is -0.245 e. The summed E-state index contributed by atoms with van der Waals surface area (Å²) in [5, 5.41) is 8.64. The Balaban J connectivity index is 2.55. The first-order valence-electron chi connectivity index (χ1n) is 4.31. The lowest BCUT2D eigenvalue weighted by Gasteiger charge is -2.06. The van der Waals surface area contributed by atoms with Gasteiger partial charge in [0.25, 0.3) is 0 Å². The quantitative estimate of drug-likeness (QED) is 0.585. The molecular weight excluding hydrogens is 216 g/mol. The average Bonchev–Trinajstić information content (AvgIpc) is 2.26. The highest BCUT2D eigenvalue weighted by atomic mass is 35.5. The summed E-state index contributed by atoms with van der Waals surface area (Å²) in [6.45, 7) is 2.10. The first-order chi connectivity index (χ1) is 6.76. The van der Waals surface area contributed by atoms with E-state index in [1.807, 2.05) is 12.1 Å². The smallest absolute Gasteiger partial charge is 0.141 e. The van der Waals surface area contributed by atoms with Crippen molar-refractivity contribution in [3.05, 3.63) is 24.0 Å². The predicted octanol–water partition coefficient (Wildman–Crippen LogP) is 2.92. The van der Waals surface area contributed by atoms with Crippen molar-refractivity contribution < 1.29 is 0 Å². The van der Waals surface area contributed by atoms with Gasteiger partial charge in [-0.1, -0.05) is 6.92 Å². The van der Waals surface area contributed by atoms with Gasteiger partial charge in [-0.2, -0.15) is 5.26 Å². The fourth-order valence-electron chi connectivity index (χ4n) is 0.845. The van der Waals surface area contributed by atoms with Gasteiger partial charge in [0, 0.05) is 22.7 Å². The fourth-order valence-corrected chi connectivity index (χ4v) is 2.03. The zero-order valence-electron chi connectivity index (χ0n) is 7.90. The van der Waals surface area contributed by atoms with Gasteiger partial charge in [0.1, 0.15) is 11.8 Å². The second-order valence-corrected chi connectivity index (χ2v) is 4.46. The van der Waals surface area contributed by atoms with E-state index in [9.17, 15) is 0 Å². The van der Waals surface area contributed by atoms with Gasteiger partial charge in [-0.05, 0) is 18.1 Å². The molecule has 0 radical (unpaired) electrons. The van der Waals surface area contributed by atoms with Crippen LogP contribution in [0.3, 0.4) is 0 Å². The van der Waals surface area contributed by atoms with Crippen molar-refractivity contribution >= 4 is 23.4 Å². The molecular formula is C10H11ClN2S. The second kappa shape index (κ2) is 5.90. The highest BCUT2D eigenvalue weighted by molar-refractivity contribution is 7.99. The van der Waals surface area contributed by atoms with E-state index >= 15 is 0 Å². The maximum absolute atomic E-state index is 8.64. The molecule has 0 spiro atoms. The molecule has 1 rings (SSSR count). The lowest BCUT2D eigenvalue weighted by molar-refractivity contribution is 0.759. The Morgan fingerprint density at radius 1 is 1.71 bits per heavy atom. The highest BCUT2D eigenvalue weighted by Crippen LogP contribution is 2.20. The molecule has 0 aliphatic rings. The lowest BCUT2D eigenvalue weighted by atomic mass is 10.3. The number of rotatable bonds is 4. The normalized spacial score (nSPS) is 12.1. The van der Waals surface area contributed by atoms with E-state index in [0.29, 0.717) is 17.5 Å². The minimum atomic E-state index is 0.466. The number of pyridine rings is 1. The summed E-state index contributed by atoms with van der Waals surface area (Å²) < 4.78 is 0. The SMILES string of the molecule is CC(CCl)CSc1ccnc(C#N)c1. The lowest BCUT2D eigenvalue weighted by Crippen LogP contribution is -1.98. The fraction of sp³-hybridized carbons (Fsp3) is 0.400. The van der Waals surface area contributed by atoms with Crippen molar-refractivity contribution in [2.75, 3.05) is 11.6 Å². The van der Waals surface area contributed by atoms with Crippen LogP contribution in [-0.2, 0) is 0 Å². The van der Waals surface area contributed by atoms with E-state index in [4.69, 9.17) is 16.9 Å². The maximum Gasteiger partial charge on any atom is 0.141 e. The summed E-state index contributed by atoms with van der Waals surface area (Å²) in [6.07, 6.45) is 1.66. The molecule has 1 aromatic rings. The van der Waals surface area contributed by atoms with Crippen molar-refractivity contribution in [3.8, 4) is 6.07 Å². The molecule has 1 heterocycles. The molecule has 0 N–H and O–H groups in total. The van der Waals surface area contributed by atoms with Gasteiger partial charge in [0.15, 0.2) is 0 Å². The Morgan fingerprint density at radius 3 is 3.14 bits per heavy atom. The van der Waals surface area contributed by atoms with Gasteiger partial charge in [-0.15, -0.1) is 23.4 Å². The standard InChI is InChI=1S/C10H11ClN2S/c1-8(5-11)7-14-10-2-3-13-9(4-10)6-12/h2-4,8H,5,7H2,1H3. The van der Waals surface area contributed by atoms with E-state index < -0.39 is 0 Å². The largest absolute Gasteiger partial charge is 0.245 e. The zero-order chi connectivity index (χ0) is 10.4. The number of hydrogen-bond donors (Lipinski definition) is 0. The molecule has 14 heavy (non-hydrogen) atoms. The van der Waals surface area contributed by atoms with E-state index in [0.717, 1.165) is 10.6 Å². The monoisotopic (exact) mass is 226 g/mol. The molecule has 0 fully saturated rings. The molecule has 0 saturated heterocycles. The van der Waals surface area contributed by atoms with Crippen LogP contribution in [0.5, 0.6) is 0 Å². The van der Waals surface area contributed by atoms with Gasteiger partial charge in [-0.3, -0.25) is 0 Å². The van der Waals surface area contributed by atoms with E-state index in [2.05, 4.69) is 11.9 Å². The molecule has 1 unspecified atom stereocenters. The highest BCUT2D eigenvalue weighted by Gasteiger charge is 2.02. The number of nitriles is 1. The van der Waals surface area contributed by atoms with Crippen molar-refractivity contribution in [1.82, 2.24) is 4.98 Å². The number of alkyl halides is 1. The molecule has 4 heteroatoms. The number of nitrogens with zero attached hydrogens (tertiary/aromatic N) is 2. The Kier molecular flexibility index (Phi) is 4.78. The maximum atomic E-state index is 8.64. The van der Waals surface area contributed by atoms with E-state index in [1.165, 1.54) is 0 Å². The molecule has 1 aromatic heterocycles. The number of hydrogen-bond acceptors (Lipinski definition) is 3. The molecule has 0 bridgehead atoms. The Morgan fingerprint density at radius 2 is 2.50 bits per heavy atom. The summed E-state index contributed by atoms with van der Waals surface area (Å²) >= 11 is 7.41. The third-order valence-electron chi connectivity index (χ3n) is 1.64. The number of aromatic nitrogens is 1. The van der Waals surface area contributed by atoms with Gasteiger partial charge < -0.3 is 0 Å². The Labute approximate surface area is 93.3 Å². The molecule has 0 aromatic carbocycles. The van der Waals surface area contributed by atoms with Crippen LogP contribution in [0.25, 0.3) is 0 Å². The van der Waals surface area contributed by atoms with Crippen molar-refractivity contribution in [2.24, 2.45) is 5.92 Å². The van der Waals surface area contributed by atoms with Crippen LogP contribution in [0, 0.1) is 17.2 Å². The van der Waals surface area contributed by atoms with Crippen LogP contribution >= 0.6 is 23.4 Å². The predicted molar refractivity (Wildman–Crippen MR) is 59.6 cm³/mol. The molecule has 0 aliphatic heterocycles. The molecule has 0 amide bonds. The Bertz CT molecular complexity index is 335.